The molecule has 1 aliphatic heterocycles. The predicted octanol–water partition coefficient (Wildman–Crippen LogP) is 2.79. The minimum absolute atomic E-state index is 0.107. The van der Waals surface area contributed by atoms with E-state index < -0.39 is 0 Å². The van der Waals surface area contributed by atoms with Crippen molar-refractivity contribution in [1.29, 1.82) is 5.26 Å². The molecule has 2 aromatic rings. The maximum atomic E-state index is 13.0. The molecule has 1 aliphatic rings. The monoisotopic (exact) mass is 409 g/mol. The van der Waals surface area contributed by atoms with Crippen LogP contribution in [0.2, 0.25) is 0 Å². The first-order valence-electron chi connectivity index (χ1n) is 9.37. The lowest BCUT2D eigenvalue weighted by molar-refractivity contribution is 0.0790. The zero-order chi connectivity index (χ0) is 20.8. The van der Waals surface area contributed by atoms with Crippen LogP contribution in [0, 0.1) is 11.3 Å². The first kappa shape index (κ1) is 20.7. The van der Waals surface area contributed by atoms with Gasteiger partial charge in [-0.2, -0.15) is 5.26 Å². The highest BCUT2D eigenvalue weighted by Crippen LogP contribution is 2.31. The number of rotatable bonds is 6. The molecular weight excluding hydrogens is 386 g/mol. The molecule has 150 valence electrons. The van der Waals surface area contributed by atoms with E-state index in [4.69, 9.17) is 5.73 Å². The van der Waals surface area contributed by atoms with Gasteiger partial charge in [-0.05, 0) is 24.5 Å². The highest BCUT2D eigenvalue weighted by atomic mass is 32.1. The van der Waals surface area contributed by atoms with Gasteiger partial charge in [-0.3, -0.25) is 9.59 Å². The first-order valence-corrected chi connectivity index (χ1v) is 10.3. The van der Waals surface area contributed by atoms with Crippen LogP contribution in [0.15, 0.2) is 34.6 Å². The molecule has 7 nitrogen and oxygen atoms in total. The van der Waals surface area contributed by atoms with Crippen LogP contribution in [-0.4, -0.2) is 54.5 Å². The number of thiophene rings is 1. The fraction of sp³-hybridized carbons (Fsp3) is 0.333. The maximum absolute atomic E-state index is 13.0. The second-order valence-corrected chi connectivity index (χ2v) is 7.94. The SMILES string of the molecule is CN(Cc1ccccc1C#N)C(=O)c1scc(C=O)c1/N=C/N1CCC[C@@H](N)C1. The van der Waals surface area contributed by atoms with Crippen molar-refractivity contribution >= 4 is 35.6 Å². The largest absolute Gasteiger partial charge is 0.361 e. The molecule has 2 N–H and O–H groups in total. The number of carbonyl (C=O) groups excluding carboxylic acids is 2. The lowest BCUT2D eigenvalue weighted by atomic mass is 10.1. The van der Waals surface area contributed by atoms with Crippen LogP contribution in [0.5, 0.6) is 0 Å². The number of aliphatic imine (C=N–C) groups is 1. The average Bonchev–Trinajstić information content (AvgIpc) is 3.15. The Bertz CT molecular complexity index is 962. The molecule has 0 aliphatic carbocycles. The number of amides is 1. The van der Waals surface area contributed by atoms with Crippen molar-refractivity contribution < 1.29 is 9.59 Å². The molecule has 0 unspecified atom stereocenters. The molecule has 3 rings (SSSR count). The first-order chi connectivity index (χ1) is 14.0. The number of hydrogen-bond donors (Lipinski definition) is 1. The predicted molar refractivity (Wildman–Crippen MR) is 114 cm³/mol. The average molecular weight is 410 g/mol. The Labute approximate surface area is 174 Å². The molecule has 2 heterocycles. The highest BCUT2D eigenvalue weighted by molar-refractivity contribution is 7.13. The molecule has 1 fully saturated rings. The third-order valence-electron chi connectivity index (χ3n) is 4.84. The van der Waals surface area contributed by atoms with Crippen LogP contribution in [-0.2, 0) is 6.54 Å². The van der Waals surface area contributed by atoms with E-state index in [1.165, 1.54) is 16.2 Å². The Balaban J connectivity index is 1.81. The summed E-state index contributed by atoms with van der Waals surface area (Å²) in [5.41, 5.74) is 8.08. The summed E-state index contributed by atoms with van der Waals surface area (Å²) >= 11 is 1.20. The van der Waals surface area contributed by atoms with Gasteiger partial charge in [0.2, 0.25) is 0 Å². The molecule has 1 saturated heterocycles. The highest BCUT2D eigenvalue weighted by Gasteiger charge is 2.22. The molecule has 0 saturated carbocycles. The summed E-state index contributed by atoms with van der Waals surface area (Å²) in [6, 6.07) is 9.43. The molecule has 29 heavy (non-hydrogen) atoms. The van der Waals surface area contributed by atoms with Crippen LogP contribution in [0.4, 0.5) is 5.69 Å². The summed E-state index contributed by atoms with van der Waals surface area (Å²) in [5, 5.41) is 10.9. The van der Waals surface area contributed by atoms with Crippen LogP contribution in [0.1, 0.15) is 44.0 Å². The number of nitrogens with zero attached hydrogens (tertiary/aromatic N) is 4. The molecule has 0 spiro atoms. The van der Waals surface area contributed by atoms with Gasteiger partial charge in [0.15, 0.2) is 6.29 Å². The number of likely N-dealkylation sites (tertiary alicyclic amines) is 1. The molecule has 0 bridgehead atoms. The molecular formula is C21H23N5O2S. The van der Waals surface area contributed by atoms with Crippen molar-refractivity contribution in [2.45, 2.75) is 25.4 Å². The minimum Gasteiger partial charge on any atom is -0.361 e. The second-order valence-electron chi connectivity index (χ2n) is 7.06. The van der Waals surface area contributed by atoms with Crippen molar-refractivity contribution in [1.82, 2.24) is 9.80 Å². The zero-order valence-corrected chi connectivity index (χ0v) is 17.1. The van der Waals surface area contributed by atoms with Gasteiger partial charge in [0.05, 0.1) is 29.2 Å². The van der Waals surface area contributed by atoms with E-state index in [9.17, 15) is 14.9 Å². The van der Waals surface area contributed by atoms with Gasteiger partial charge in [0.1, 0.15) is 4.88 Å². The minimum atomic E-state index is -0.238. The number of hydrogen-bond acceptors (Lipinski definition) is 6. The molecule has 1 aromatic heterocycles. The van der Waals surface area contributed by atoms with E-state index in [2.05, 4.69) is 11.1 Å². The lowest BCUT2D eigenvalue weighted by Crippen LogP contribution is -2.41. The van der Waals surface area contributed by atoms with Gasteiger partial charge in [0, 0.05) is 38.1 Å². The standard InChI is InChI=1S/C21H23N5O2S/c1-25(10-16-6-3-2-5-15(16)9-22)21(28)20-19(17(12-27)13-29-20)24-14-26-8-4-7-18(23)11-26/h2-3,5-6,12-14,18H,4,7-8,10-11,23H2,1H3/b24-14+/t18-/m1/s1. The van der Waals surface area contributed by atoms with Crippen molar-refractivity contribution in [3.63, 3.8) is 0 Å². The van der Waals surface area contributed by atoms with Crippen molar-refractivity contribution in [3.8, 4) is 6.07 Å². The van der Waals surface area contributed by atoms with E-state index in [0.29, 0.717) is 41.1 Å². The van der Waals surface area contributed by atoms with Gasteiger partial charge in [0.25, 0.3) is 5.91 Å². The Morgan fingerprint density at radius 2 is 2.28 bits per heavy atom. The Kier molecular flexibility index (Phi) is 6.75. The van der Waals surface area contributed by atoms with E-state index in [0.717, 1.165) is 24.9 Å². The van der Waals surface area contributed by atoms with E-state index in [1.54, 1.807) is 30.9 Å². The number of nitriles is 1. The third-order valence-corrected chi connectivity index (χ3v) is 5.82. The summed E-state index contributed by atoms with van der Waals surface area (Å²) < 4.78 is 0. The quantitative estimate of drug-likeness (QED) is 0.449. The van der Waals surface area contributed by atoms with E-state index in [-0.39, 0.29) is 11.9 Å². The molecule has 1 aromatic carbocycles. The fourth-order valence-electron chi connectivity index (χ4n) is 3.29. The summed E-state index contributed by atoms with van der Waals surface area (Å²) in [7, 11) is 1.67. The van der Waals surface area contributed by atoms with Crippen molar-refractivity contribution in [3.05, 3.63) is 51.2 Å². The smallest absolute Gasteiger partial charge is 0.266 e. The number of nitrogens with two attached hydrogens (primary N) is 1. The number of aldehydes is 1. The lowest BCUT2D eigenvalue weighted by Gasteiger charge is -2.28. The summed E-state index contributed by atoms with van der Waals surface area (Å²) in [4.78, 5) is 32.9. The van der Waals surface area contributed by atoms with Gasteiger partial charge >= 0.3 is 0 Å². The Morgan fingerprint density at radius 3 is 3.00 bits per heavy atom. The number of carbonyl (C=O) groups is 2. The van der Waals surface area contributed by atoms with Gasteiger partial charge in [-0.1, -0.05) is 18.2 Å². The Morgan fingerprint density at radius 1 is 1.48 bits per heavy atom. The zero-order valence-electron chi connectivity index (χ0n) is 16.2. The van der Waals surface area contributed by atoms with E-state index >= 15 is 0 Å². The van der Waals surface area contributed by atoms with Gasteiger partial charge < -0.3 is 15.5 Å². The van der Waals surface area contributed by atoms with Gasteiger partial charge in [-0.25, -0.2) is 4.99 Å². The number of benzene rings is 1. The second kappa shape index (κ2) is 9.45. The molecule has 1 atom stereocenters. The van der Waals surface area contributed by atoms with E-state index in [1.807, 2.05) is 17.0 Å². The van der Waals surface area contributed by atoms with Crippen LogP contribution in [0.3, 0.4) is 0 Å². The van der Waals surface area contributed by atoms with Crippen LogP contribution < -0.4 is 5.73 Å². The normalized spacial score (nSPS) is 16.6. The summed E-state index contributed by atoms with van der Waals surface area (Å²) in [6.07, 6.45) is 4.37. The fourth-order valence-corrected chi connectivity index (χ4v) is 4.24. The number of piperidine rings is 1. The Hall–Kier alpha value is -3.02. The summed E-state index contributed by atoms with van der Waals surface area (Å²) in [5.74, 6) is -0.238. The maximum Gasteiger partial charge on any atom is 0.266 e. The third kappa shape index (κ3) is 4.88. The topological polar surface area (TPSA) is 103 Å². The van der Waals surface area contributed by atoms with Crippen LogP contribution >= 0.6 is 11.3 Å². The van der Waals surface area contributed by atoms with Crippen LogP contribution in [0.25, 0.3) is 0 Å². The molecule has 1 amide bonds. The molecule has 0 radical (unpaired) electrons. The van der Waals surface area contributed by atoms with Crippen molar-refractivity contribution in [2.24, 2.45) is 10.7 Å². The van der Waals surface area contributed by atoms with Gasteiger partial charge in [-0.15, -0.1) is 11.3 Å². The molecule has 8 heteroatoms. The summed E-state index contributed by atoms with van der Waals surface area (Å²) in [6.45, 7) is 1.85. The van der Waals surface area contributed by atoms with Crippen molar-refractivity contribution in [2.75, 3.05) is 20.1 Å².